The van der Waals surface area contributed by atoms with Gasteiger partial charge in [0.05, 0.1) is 24.4 Å². The number of carbonyl (C=O) groups excluding carboxylic acids is 1. The monoisotopic (exact) mass is 338 g/mol. The number of ether oxygens (including phenoxy) is 2. The maximum Gasteiger partial charge on any atom is 0.195 e. The van der Waals surface area contributed by atoms with Crippen LogP contribution in [-0.2, 0) is 9.47 Å². The average Bonchev–Trinajstić information content (AvgIpc) is 3.17. The van der Waals surface area contributed by atoms with Crippen molar-refractivity contribution in [3.8, 4) is 0 Å². The van der Waals surface area contributed by atoms with Gasteiger partial charge in [-0.1, -0.05) is 12.1 Å². The van der Waals surface area contributed by atoms with Gasteiger partial charge in [-0.05, 0) is 30.3 Å². The lowest BCUT2D eigenvalue weighted by atomic mass is 9.98. The van der Waals surface area contributed by atoms with Crippen LogP contribution in [0.15, 0.2) is 48.7 Å². The predicted molar refractivity (Wildman–Crippen MR) is 90.6 cm³/mol. The predicted octanol–water partition coefficient (Wildman–Crippen LogP) is 3.23. The Morgan fingerprint density at radius 3 is 2.76 bits per heavy atom. The summed E-state index contributed by atoms with van der Waals surface area (Å²) < 4.78 is 24.7. The summed E-state index contributed by atoms with van der Waals surface area (Å²) in [5, 5.41) is 0.851. The lowest BCUT2D eigenvalue weighted by Crippen LogP contribution is -2.09. The van der Waals surface area contributed by atoms with Crippen molar-refractivity contribution in [2.24, 2.45) is 0 Å². The first-order valence-electron chi connectivity index (χ1n) is 7.86. The molecule has 4 rings (SSSR count). The molecule has 126 valence electrons. The van der Waals surface area contributed by atoms with Crippen molar-refractivity contribution in [2.75, 3.05) is 18.9 Å². The van der Waals surface area contributed by atoms with E-state index in [0.29, 0.717) is 35.5 Å². The van der Waals surface area contributed by atoms with Crippen molar-refractivity contribution in [1.82, 2.24) is 4.98 Å². The van der Waals surface area contributed by atoms with E-state index >= 15 is 0 Å². The zero-order chi connectivity index (χ0) is 17.4. The van der Waals surface area contributed by atoms with Gasteiger partial charge in [-0.3, -0.25) is 9.78 Å². The normalized spacial score (nSPS) is 14.9. The highest BCUT2D eigenvalue weighted by Crippen LogP contribution is 2.29. The molecule has 1 fully saturated rings. The van der Waals surface area contributed by atoms with Gasteiger partial charge >= 0.3 is 0 Å². The minimum absolute atomic E-state index is 0.209. The number of nitrogens with zero attached hydrogens (tertiary/aromatic N) is 1. The maximum absolute atomic E-state index is 14.1. The minimum Gasteiger partial charge on any atom is -0.396 e. The van der Waals surface area contributed by atoms with E-state index in [9.17, 15) is 9.18 Å². The molecule has 0 unspecified atom stereocenters. The third-order valence-corrected chi connectivity index (χ3v) is 4.19. The third kappa shape index (κ3) is 2.75. The molecule has 2 N–H and O–H groups in total. The van der Waals surface area contributed by atoms with Crippen LogP contribution in [0.1, 0.15) is 27.8 Å². The Bertz CT molecular complexity index is 968. The number of hydrogen-bond donors (Lipinski definition) is 1. The van der Waals surface area contributed by atoms with E-state index in [1.807, 2.05) is 6.07 Å². The first kappa shape index (κ1) is 15.7. The van der Waals surface area contributed by atoms with Gasteiger partial charge in [-0.2, -0.15) is 0 Å². The highest BCUT2D eigenvalue weighted by molar-refractivity contribution is 6.15. The molecule has 0 amide bonds. The molecule has 1 aliphatic heterocycles. The van der Waals surface area contributed by atoms with Crippen molar-refractivity contribution < 1.29 is 18.7 Å². The first-order valence-corrected chi connectivity index (χ1v) is 7.86. The Balaban J connectivity index is 1.76. The molecule has 0 bridgehead atoms. The number of anilines is 1. The van der Waals surface area contributed by atoms with Gasteiger partial charge in [0.1, 0.15) is 5.82 Å². The molecule has 25 heavy (non-hydrogen) atoms. The van der Waals surface area contributed by atoms with Crippen molar-refractivity contribution in [3.05, 3.63) is 71.2 Å². The average molecular weight is 338 g/mol. The van der Waals surface area contributed by atoms with Crippen LogP contribution in [0.2, 0.25) is 0 Å². The number of ketones is 1. The molecule has 0 saturated carbocycles. The number of nitrogen functional groups attached to an aromatic ring is 1. The zero-order valence-electron chi connectivity index (χ0n) is 13.2. The van der Waals surface area contributed by atoms with Gasteiger partial charge < -0.3 is 15.2 Å². The maximum atomic E-state index is 14.1. The summed E-state index contributed by atoms with van der Waals surface area (Å²) in [6.45, 7) is 0.789. The smallest absolute Gasteiger partial charge is 0.195 e. The highest BCUT2D eigenvalue weighted by Gasteiger charge is 2.24. The van der Waals surface area contributed by atoms with Gasteiger partial charge in [-0.25, -0.2) is 4.39 Å². The van der Waals surface area contributed by atoms with Crippen molar-refractivity contribution in [3.63, 3.8) is 0 Å². The fourth-order valence-electron chi connectivity index (χ4n) is 2.92. The Morgan fingerprint density at radius 2 is 1.96 bits per heavy atom. The number of aromatic nitrogens is 1. The summed E-state index contributed by atoms with van der Waals surface area (Å²) in [5.41, 5.74) is 7.87. The second-order valence-corrected chi connectivity index (χ2v) is 5.74. The molecular weight excluding hydrogens is 323 g/mol. The Kier molecular flexibility index (Phi) is 3.91. The Hall–Kier alpha value is -2.83. The second kappa shape index (κ2) is 6.23. The van der Waals surface area contributed by atoms with Crippen molar-refractivity contribution in [2.45, 2.75) is 6.29 Å². The van der Waals surface area contributed by atoms with Crippen molar-refractivity contribution in [1.29, 1.82) is 0 Å². The topological polar surface area (TPSA) is 74.4 Å². The number of benzene rings is 2. The number of nitrogens with two attached hydrogens (primary N) is 1. The largest absolute Gasteiger partial charge is 0.396 e. The van der Waals surface area contributed by atoms with Crippen molar-refractivity contribution >= 4 is 22.4 Å². The number of hydrogen-bond acceptors (Lipinski definition) is 5. The SMILES string of the molecule is Nc1c(C(=O)c2ccc(F)c(C3OCCO3)c2)ccc2cccnc12. The fourth-order valence-corrected chi connectivity index (χ4v) is 2.92. The first-order chi connectivity index (χ1) is 12.1. The second-order valence-electron chi connectivity index (χ2n) is 5.74. The standard InChI is InChI=1S/C19H15FN2O3/c20-15-6-4-12(10-14(15)19-24-8-9-25-19)18(23)13-5-3-11-2-1-7-22-17(11)16(13)21/h1-7,10,19H,8-9,21H2. The van der Waals surface area contributed by atoms with E-state index in [1.165, 1.54) is 18.2 Å². The van der Waals surface area contributed by atoms with Gasteiger partial charge in [0.2, 0.25) is 0 Å². The quantitative estimate of drug-likeness (QED) is 0.586. The van der Waals surface area contributed by atoms with E-state index in [4.69, 9.17) is 15.2 Å². The molecule has 1 saturated heterocycles. The van der Waals surface area contributed by atoms with Crippen LogP contribution in [0.4, 0.5) is 10.1 Å². The van der Waals surface area contributed by atoms with Gasteiger partial charge in [0.25, 0.3) is 0 Å². The van der Waals surface area contributed by atoms with E-state index in [2.05, 4.69) is 4.98 Å². The van der Waals surface area contributed by atoms with E-state index < -0.39 is 12.1 Å². The van der Waals surface area contributed by atoms with Crippen LogP contribution in [0.5, 0.6) is 0 Å². The summed E-state index contributed by atoms with van der Waals surface area (Å²) >= 11 is 0. The molecule has 0 radical (unpaired) electrons. The molecule has 1 aliphatic rings. The van der Waals surface area contributed by atoms with Gasteiger partial charge in [0, 0.05) is 28.3 Å². The molecule has 0 aliphatic carbocycles. The summed E-state index contributed by atoms with van der Waals surface area (Å²) in [4.78, 5) is 17.1. The van der Waals surface area contributed by atoms with Crippen LogP contribution >= 0.6 is 0 Å². The fraction of sp³-hybridized carbons (Fsp3) is 0.158. The zero-order valence-corrected chi connectivity index (χ0v) is 13.2. The number of fused-ring (bicyclic) bond motifs is 1. The van der Waals surface area contributed by atoms with Crippen LogP contribution in [0.3, 0.4) is 0 Å². The third-order valence-electron chi connectivity index (χ3n) is 4.19. The lowest BCUT2D eigenvalue weighted by molar-refractivity contribution is -0.0464. The Labute approximate surface area is 143 Å². The molecular formula is C19H15FN2O3. The molecule has 0 spiro atoms. The van der Waals surface area contributed by atoms with E-state index in [-0.39, 0.29) is 11.3 Å². The highest BCUT2D eigenvalue weighted by atomic mass is 19.1. The van der Waals surface area contributed by atoms with Crippen LogP contribution in [0.25, 0.3) is 10.9 Å². The molecule has 6 heteroatoms. The summed E-state index contributed by atoms with van der Waals surface area (Å²) in [7, 11) is 0. The number of rotatable bonds is 3. The Morgan fingerprint density at radius 1 is 1.16 bits per heavy atom. The van der Waals surface area contributed by atoms with E-state index in [0.717, 1.165) is 5.39 Å². The van der Waals surface area contributed by atoms with Crippen LogP contribution < -0.4 is 5.73 Å². The summed E-state index contributed by atoms with van der Waals surface area (Å²) in [5.74, 6) is -0.777. The molecule has 2 aromatic carbocycles. The lowest BCUT2D eigenvalue weighted by Gasteiger charge is -2.13. The molecule has 5 nitrogen and oxygen atoms in total. The van der Waals surface area contributed by atoms with Crippen LogP contribution in [-0.4, -0.2) is 24.0 Å². The van der Waals surface area contributed by atoms with Gasteiger partial charge in [0.15, 0.2) is 12.1 Å². The van der Waals surface area contributed by atoms with Crippen LogP contribution in [0, 0.1) is 5.82 Å². The molecule has 2 heterocycles. The molecule has 0 atom stereocenters. The molecule has 1 aromatic heterocycles. The van der Waals surface area contributed by atoms with E-state index in [1.54, 1.807) is 24.4 Å². The van der Waals surface area contributed by atoms with Gasteiger partial charge in [-0.15, -0.1) is 0 Å². The summed E-state index contributed by atoms with van der Waals surface area (Å²) in [6.07, 6.45) is 0.834. The number of carbonyl (C=O) groups is 1. The summed E-state index contributed by atoms with van der Waals surface area (Å²) in [6, 6.07) is 11.2. The minimum atomic E-state index is -0.789. The number of pyridine rings is 1. The number of halogens is 1. The molecule has 3 aromatic rings.